The number of hydrogen-bond acceptors (Lipinski definition) is 2. The Morgan fingerprint density at radius 2 is 1.67 bits per heavy atom. The van der Waals surface area contributed by atoms with E-state index < -0.39 is 0 Å². The Morgan fingerprint density at radius 1 is 1.17 bits per heavy atom. The number of rotatable bonds is 5. The third-order valence-corrected chi connectivity index (χ3v) is 5.04. The van der Waals surface area contributed by atoms with Crippen molar-refractivity contribution in [2.45, 2.75) is 65.1 Å². The van der Waals surface area contributed by atoms with E-state index >= 15 is 0 Å². The van der Waals surface area contributed by atoms with Crippen LogP contribution in [0.1, 0.15) is 53.9 Å². The van der Waals surface area contributed by atoms with Crippen LogP contribution in [0.25, 0.3) is 0 Å². The van der Waals surface area contributed by atoms with Gasteiger partial charge in [-0.2, -0.15) is 0 Å². The molecule has 0 aliphatic carbocycles. The zero-order valence-electron chi connectivity index (χ0n) is 12.0. The minimum Gasteiger partial charge on any atom is -0.399 e. The summed E-state index contributed by atoms with van der Waals surface area (Å²) in [6.45, 7) is 10.4. The third-order valence-electron chi connectivity index (χ3n) is 3.84. The van der Waals surface area contributed by atoms with Gasteiger partial charge in [-0.15, -0.1) is 11.6 Å². The standard InChI is InChI=1S/C13H23BBrClO2/c1-6-10(8-7-9-16)11(15)14-17-12(2,3)13(4,5)18-14/h6-9H2,1-5H3/b11-10+. The van der Waals surface area contributed by atoms with Gasteiger partial charge in [-0.25, -0.2) is 0 Å². The van der Waals surface area contributed by atoms with Crippen LogP contribution in [0.5, 0.6) is 0 Å². The molecule has 0 spiro atoms. The molecule has 0 aromatic heterocycles. The molecule has 0 unspecified atom stereocenters. The molecular weight excluding hydrogens is 314 g/mol. The maximum atomic E-state index is 6.03. The van der Waals surface area contributed by atoms with E-state index in [1.54, 1.807) is 0 Å². The van der Waals surface area contributed by atoms with E-state index in [2.05, 4.69) is 50.5 Å². The van der Waals surface area contributed by atoms with Crippen LogP contribution in [0.15, 0.2) is 9.95 Å². The van der Waals surface area contributed by atoms with Crippen LogP contribution in [0.4, 0.5) is 0 Å². The van der Waals surface area contributed by atoms with Gasteiger partial charge in [0, 0.05) is 10.3 Å². The molecule has 104 valence electrons. The first-order valence-electron chi connectivity index (χ1n) is 6.54. The Bertz CT molecular complexity index is 313. The summed E-state index contributed by atoms with van der Waals surface area (Å²) in [5, 5.41) is 0. The summed E-state index contributed by atoms with van der Waals surface area (Å²) in [5.74, 6) is 0.688. The lowest BCUT2D eigenvalue weighted by atomic mass is 9.85. The molecule has 0 atom stereocenters. The molecule has 0 N–H and O–H groups in total. The van der Waals surface area contributed by atoms with Crippen LogP contribution in [0.3, 0.4) is 0 Å². The van der Waals surface area contributed by atoms with Crippen molar-refractivity contribution >= 4 is 34.6 Å². The first-order chi connectivity index (χ1) is 8.25. The van der Waals surface area contributed by atoms with Crippen molar-refractivity contribution in [3.8, 4) is 0 Å². The zero-order valence-corrected chi connectivity index (χ0v) is 14.3. The molecule has 18 heavy (non-hydrogen) atoms. The first kappa shape index (κ1) is 16.5. The molecule has 1 aliphatic rings. The van der Waals surface area contributed by atoms with Crippen molar-refractivity contribution < 1.29 is 9.31 Å². The highest BCUT2D eigenvalue weighted by Gasteiger charge is 2.52. The molecule has 0 bridgehead atoms. The van der Waals surface area contributed by atoms with Crippen LogP contribution in [-0.2, 0) is 9.31 Å². The van der Waals surface area contributed by atoms with Crippen LogP contribution >= 0.6 is 27.5 Å². The van der Waals surface area contributed by atoms with Crippen molar-refractivity contribution in [1.82, 2.24) is 0 Å². The van der Waals surface area contributed by atoms with Crippen LogP contribution < -0.4 is 0 Å². The molecule has 1 heterocycles. The summed E-state index contributed by atoms with van der Waals surface area (Å²) in [6.07, 6.45) is 2.96. The van der Waals surface area contributed by atoms with Crippen LogP contribution in [0, 0.1) is 0 Å². The van der Waals surface area contributed by atoms with Crippen LogP contribution in [-0.4, -0.2) is 24.2 Å². The summed E-state index contributed by atoms with van der Waals surface area (Å²) in [5.41, 5.74) is 0.749. The lowest BCUT2D eigenvalue weighted by Crippen LogP contribution is -2.41. The number of allylic oxidation sites excluding steroid dienone is 1. The zero-order chi connectivity index (χ0) is 14.0. The number of alkyl halides is 1. The molecule has 0 aromatic rings. The highest BCUT2D eigenvalue weighted by Crippen LogP contribution is 2.40. The number of hydrogen-bond donors (Lipinski definition) is 0. The predicted molar refractivity (Wildman–Crippen MR) is 82.3 cm³/mol. The minimum absolute atomic E-state index is 0.290. The third kappa shape index (κ3) is 3.53. The van der Waals surface area contributed by atoms with E-state index in [4.69, 9.17) is 20.9 Å². The van der Waals surface area contributed by atoms with E-state index in [-0.39, 0.29) is 18.3 Å². The maximum Gasteiger partial charge on any atom is 0.502 e. The second-order valence-corrected chi connectivity index (χ2v) is 6.92. The van der Waals surface area contributed by atoms with E-state index in [0.29, 0.717) is 5.88 Å². The molecule has 2 nitrogen and oxygen atoms in total. The Balaban J connectivity index is 2.85. The Morgan fingerprint density at radius 3 is 2.06 bits per heavy atom. The topological polar surface area (TPSA) is 18.5 Å². The van der Waals surface area contributed by atoms with E-state index in [1.165, 1.54) is 5.57 Å². The molecule has 0 aromatic carbocycles. The fourth-order valence-corrected chi connectivity index (χ4v) is 2.66. The van der Waals surface area contributed by atoms with Gasteiger partial charge in [-0.3, -0.25) is 0 Å². The minimum atomic E-state index is -0.291. The molecule has 0 radical (unpaired) electrons. The molecule has 1 fully saturated rings. The van der Waals surface area contributed by atoms with Crippen molar-refractivity contribution in [3.63, 3.8) is 0 Å². The quantitative estimate of drug-likeness (QED) is 0.535. The summed E-state index contributed by atoms with van der Waals surface area (Å²) in [7, 11) is -0.291. The molecule has 0 amide bonds. The highest BCUT2D eigenvalue weighted by atomic mass is 79.9. The second-order valence-electron chi connectivity index (χ2n) is 5.69. The average Bonchev–Trinajstić information content (AvgIpc) is 2.49. The van der Waals surface area contributed by atoms with E-state index in [9.17, 15) is 0 Å². The van der Waals surface area contributed by atoms with E-state index in [0.717, 1.165) is 23.6 Å². The van der Waals surface area contributed by atoms with E-state index in [1.807, 2.05) is 0 Å². The molecule has 1 aliphatic heterocycles. The highest BCUT2D eigenvalue weighted by molar-refractivity contribution is 9.12. The Hall–Kier alpha value is 0.495. The largest absolute Gasteiger partial charge is 0.502 e. The fraction of sp³-hybridized carbons (Fsp3) is 0.846. The normalized spacial score (nSPS) is 23.2. The van der Waals surface area contributed by atoms with Crippen molar-refractivity contribution in [3.05, 3.63) is 9.95 Å². The monoisotopic (exact) mass is 336 g/mol. The van der Waals surface area contributed by atoms with Crippen molar-refractivity contribution in [2.75, 3.05) is 5.88 Å². The SMILES string of the molecule is CC/C(CCCCl)=C(\Br)B1OC(C)(C)C(C)(C)O1. The van der Waals surface area contributed by atoms with Crippen molar-refractivity contribution in [2.24, 2.45) is 0 Å². The average molecular weight is 337 g/mol. The number of halogens is 2. The Labute approximate surface area is 125 Å². The predicted octanol–water partition coefficient (Wildman–Crippen LogP) is 4.70. The van der Waals surface area contributed by atoms with Gasteiger partial charge < -0.3 is 9.31 Å². The lowest BCUT2D eigenvalue weighted by Gasteiger charge is -2.32. The van der Waals surface area contributed by atoms with Crippen molar-refractivity contribution in [1.29, 1.82) is 0 Å². The smallest absolute Gasteiger partial charge is 0.399 e. The second kappa shape index (κ2) is 6.30. The molecular formula is C13H23BBrClO2. The van der Waals surface area contributed by atoms with Gasteiger partial charge >= 0.3 is 7.12 Å². The lowest BCUT2D eigenvalue weighted by molar-refractivity contribution is 0.00578. The summed E-state index contributed by atoms with van der Waals surface area (Å²) < 4.78 is 13.1. The van der Waals surface area contributed by atoms with Gasteiger partial charge in [0.25, 0.3) is 0 Å². The maximum absolute atomic E-state index is 6.03. The van der Waals surface area contributed by atoms with Gasteiger partial charge in [-0.05, 0) is 47.0 Å². The first-order valence-corrected chi connectivity index (χ1v) is 7.87. The summed E-state index contributed by atoms with van der Waals surface area (Å²) in [4.78, 5) is 0. The van der Waals surface area contributed by atoms with Gasteiger partial charge in [-0.1, -0.05) is 28.4 Å². The molecule has 1 rings (SSSR count). The summed E-state index contributed by atoms with van der Waals surface area (Å²) in [6, 6.07) is 0. The Kier molecular flexibility index (Phi) is 5.79. The van der Waals surface area contributed by atoms with Gasteiger partial charge in [0.15, 0.2) is 0 Å². The van der Waals surface area contributed by atoms with Gasteiger partial charge in [0.2, 0.25) is 0 Å². The van der Waals surface area contributed by atoms with Gasteiger partial charge in [0.1, 0.15) is 0 Å². The van der Waals surface area contributed by atoms with Crippen LogP contribution in [0.2, 0.25) is 0 Å². The fourth-order valence-electron chi connectivity index (χ4n) is 1.86. The molecule has 0 saturated carbocycles. The molecule has 5 heteroatoms. The molecule has 1 saturated heterocycles. The van der Waals surface area contributed by atoms with Gasteiger partial charge in [0.05, 0.1) is 11.2 Å². The summed E-state index contributed by atoms with van der Waals surface area (Å²) >= 11 is 9.41.